The zero-order valence-electron chi connectivity index (χ0n) is 27.9. The fourth-order valence-electron chi connectivity index (χ4n) is 11.3. The highest BCUT2D eigenvalue weighted by molar-refractivity contribution is 6.06. The summed E-state index contributed by atoms with van der Waals surface area (Å²) in [5.74, 6) is 0.451. The Bertz CT molecular complexity index is 1190. The quantitative estimate of drug-likeness (QED) is 0.273. The summed E-state index contributed by atoms with van der Waals surface area (Å²) in [6.07, 6.45) is 7.56. The molecule has 0 aromatic carbocycles. The number of ether oxygens (including phenoxy) is 2. The molecule has 236 valence electrons. The van der Waals surface area contributed by atoms with Crippen molar-refractivity contribution in [3.05, 3.63) is 11.1 Å². The predicted octanol–water partition coefficient (Wildman–Crippen LogP) is 7.42. The number of aliphatic hydroxyl groups excluding tert-OH is 1. The number of Topliss-reactive ketones (excluding diaryl/α,β-unsaturated/α-hetero) is 1. The number of hydrogen-bond acceptors (Lipinski definition) is 6. The van der Waals surface area contributed by atoms with Gasteiger partial charge in [0.05, 0.1) is 16.9 Å². The minimum absolute atomic E-state index is 0.0302. The van der Waals surface area contributed by atoms with Gasteiger partial charge in [0, 0.05) is 6.42 Å². The van der Waals surface area contributed by atoms with Crippen LogP contribution in [0.25, 0.3) is 0 Å². The Kier molecular flexibility index (Phi) is 7.48. The van der Waals surface area contributed by atoms with Crippen LogP contribution < -0.4 is 0 Å². The zero-order chi connectivity index (χ0) is 31.3. The van der Waals surface area contributed by atoms with E-state index in [0.717, 1.165) is 56.1 Å². The number of hydrogen-bond donors (Lipinski definition) is 1. The Morgan fingerprint density at radius 2 is 1.55 bits per heavy atom. The van der Waals surface area contributed by atoms with Crippen LogP contribution in [0.3, 0.4) is 0 Å². The van der Waals surface area contributed by atoms with Crippen LogP contribution in [0, 0.1) is 56.2 Å². The Labute approximate surface area is 253 Å². The fourth-order valence-corrected chi connectivity index (χ4v) is 11.3. The van der Waals surface area contributed by atoms with E-state index in [1.54, 1.807) is 20.8 Å². The lowest BCUT2D eigenvalue weighted by Gasteiger charge is -2.72. The SMILES string of the molecule is CC(C)C1=C2C3CCC4C5(C)CCC(O)C(C)(C)C5CCC4(C)C3(C)CC[C@@]2(C(=O)OCOC(=O)C(C)(C)C)CC1=O. The number of fused-ring (bicyclic) bond motifs is 7. The number of rotatable bonds is 4. The summed E-state index contributed by atoms with van der Waals surface area (Å²) in [7, 11) is 0. The first-order valence-corrected chi connectivity index (χ1v) is 16.6. The second-order valence-electron chi connectivity index (χ2n) is 17.4. The topological polar surface area (TPSA) is 89.9 Å². The number of ketones is 1. The molecule has 8 atom stereocenters. The van der Waals surface area contributed by atoms with Gasteiger partial charge in [0.25, 0.3) is 0 Å². The van der Waals surface area contributed by atoms with Crippen LogP contribution in [0.2, 0.25) is 0 Å². The van der Waals surface area contributed by atoms with Crippen molar-refractivity contribution in [1.29, 1.82) is 0 Å². The fraction of sp³-hybridized carbons (Fsp3) is 0.861. The molecule has 0 bridgehead atoms. The van der Waals surface area contributed by atoms with E-state index >= 15 is 0 Å². The van der Waals surface area contributed by atoms with Crippen LogP contribution in [0.4, 0.5) is 0 Å². The Balaban J connectivity index is 1.50. The molecule has 0 amide bonds. The van der Waals surface area contributed by atoms with Crippen LogP contribution in [-0.4, -0.2) is 35.7 Å². The van der Waals surface area contributed by atoms with Gasteiger partial charge in [-0.25, -0.2) is 0 Å². The van der Waals surface area contributed by atoms with Crippen molar-refractivity contribution in [2.75, 3.05) is 6.79 Å². The van der Waals surface area contributed by atoms with Crippen molar-refractivity contribution in [3.8, 4) is 0 Å². The van der Waals surface area contributed by atoms with E-state index in [4.69, 9.17) is 9.47 Å². The normalized spacial score (nSPS) is 42.8. The van der Waals surface area contributed by atoms with Crippen molar-refractivity contribution in [3.63, 3.8) is 0 Å². The van der Waals surface area contributed by atoms with E-state index in [1.165, 1.54) is 0 Å². The molecule has 4 fully saturated rings. The van der Waals surface area contributed by atoms with Gasteiger partial charge in [-0.15, -0.1) is 0 Å². The van der Waals surface area contributed by atoms with Gasteiger partial charge < -0.3 is 14.6 Å². The van der Waals surface area contributed by atoms with Crippen LogP contribution in [0.1, 0.15) is 127 Å². The molecule has 0 aliphatic heterocycles. The molecule has 1 N–H and O–H groups in total. The molecule has 42 heavy (non-hydrogen) atoms. The third kappa shape index (κ3) is 4.23. The second-order valence-corrected chi connectivity index (χ2v) is 17.4. The Morgan fingerprint density at radius 3 is 2.17 bits per heavy atom. The van der Waals surface area contributed by atoms with E-state index in [9.17, 15) is 19.5 Å². The lowest BCUT2D eigenvalue weighted by Crippen LogP contribution is -2.65. The number of carbonyl (C=O) groups is 3. The molecule has 5 rings (SSSR count). The Hall–Kier alpha value is -1.69. The van der Waals surface area contributed by atoms with Crippen molar-refractivity contribution < 1.29 is 29.0 Å². The van der Waals surface area contributed by atoms with Gasteiger partial charge in [-0.2, -0.15) is 0 Å². The molecule has 6 nitrogen and oxygen atoms in total. The first kappa shape index (κ1) is 31.7. The first-order chi connectivity index (χ1) is 19.3. The number of carbonyl (C=O) groups excluding carboxylic acids is 3. The highest BCUT2D eigenvalue weighted by atomic mass is 16.7. The molecule has 4 saturated carbocycles. The molecule has 6 heteroatoms. The maximum absolute atomic E-state index is 14.0. The van der Waals surface area contributed by atoms with Gasteiger partial charge in [-0.05, 0) is 129 Å². The number of esters is 2. The van der Waals surface area contributed by atoms with Gasteiger partial charge in [0.15, 0.2) is 5.78 Å². The molecule has 0 heterocycles. The molecule has 7 unspecified atom stereocenters. The third-order valence-corrected chi connectivity index (χ3v) is 13.8. The molecule has 0 spiro atoms. The van der Waals surface area contributed by atoms with Crippen molar-refractivity contribution >= 4 is 17.7 Å². The standard InChI is InChI=1S/C36H56O6/c1-21(2)27-23(37)19-36(30(40)42-20-41-29(39)31(3,4)5)18-17-34(9)22(28(27)36)11-12-25-33(8)15-14-26(38)32(6,7)24(33)13-16-35(25,34)10/h21-22,24-26,38H,11-20H2,1-10H3/t22?,24?,25?,26?,33?,34?,35?,36-/m1/s1. The largest absolute Gasteiger partial charge is 0.427 e. The summed E-state index contributed by atoms with van der Waals surface area (Å²) in [5, 5.41) is 11.0. The summed E-state index contributed by atoms with van der Waals surface area (Å²) in [6, 6.07) is 0. The van der Waals surface area contributed by atoms with Crippen LogP contribution in [-0.2, 0) is 23.9 Å². The predicted molar refractivity (Wildman–Crippen MR) is 162 cm³/mol. The molecule has 0 saturated heterocycles. The monoisotopic (exact) mass is 584 g/mol. The van der Waals surface area contributed by atoms with E-state index in [2.05, 4.69) is 48.5 Å². The number of aliphatic hydroxyl groups is 1. The minimum atomic E-state index is -0.962. The number of allylic oxidation sites excluding steroid dienone is 1. The molecule has 0 aromatic rings. The lowest BCUT2D eigenvalue weighted by molar-refractivity contribution is -0.229. The highest BCUT2D eigenvalue weighted by Crippen LogP contribution is 2.76. The van der Waals surface area contributed by atoms with Gasteiger partial charge in [-0.1, -0.05) is 48.5 Å². The average Bonchev–Trinajstić information content (AvgIpc) is 3.19. The minimum Gasteiger partial charge on any atom is -0.427 e. The molecule has 5 aliphatic rings. The van der Waals surface area contributed by atoms with Crippen molar-refractivity contribution in [1.82, 2.24) is 0 Å². The second kappa shape index (κ2) is 9.91. The molecular weight excluding hydrogens is 528 g/mol. The summed E-state index contributed by atoms with van der Waals surface area (Å²) in [4.78, 5) is 40.1. The molecule has 0 radical (unpaired) electrons. The third-order valence-electron chi connectivity index (χ3n) is 13.8. The highest BCUT2D eigenvalue weighted by Gasteiger charge is 2.71. The lowest BCUT2D eigenvalue weighted by atomic mass is 9.33. The molecular formula is C36H56O6. The maximum atomic E-state index is 14.0. The summed E-state index contributed by atoms with van der Waals surface area (Å²) >= 11 is 0. The van der Waals surface area contributed by atoms with E-state index < -0.39 is 29.6 Å². The zero-order valence-corrected chi connectivity index (χ0v) is 27.9. The maximum Gasteiger partial charge on any atom is 0.319 e. The Morgan fingerprint density at radius 1 is 0.881 bits per heavy atom. The van der Waals surface area contributed by atoms with Crippen molar-refractivity contribution in [2.24, 2.45) is 56.2 Å². The first-order valence-electron chi connectivity index (χ1n) is 16.6. The van der Waals surface area contributed by atoms with Gasteiger partial charge in [0.1, 0.15) is 0 Å². The van der Waals surface area contributed by atoms with Crippen LogP contribution in [0.15, 0.2) is 11.1 Å². The summed E-state index contributed by atoms with van der Waals surface area (Å²) in [6.45, 7) is 21.1. The summed E-state index contributed by atoms with van der Waals surface area (Å²) in [5.41, 5.74) is 0.328. The van der Waals surface area contributed by atoms with E-state index in [1.807, 2.05) is 0 Å². The van der Waals surface area contributed by atoms with Gasteiger partial charge in [0.2, 0.25) is 6.79 Å². The van der Waals surface area contributed by atoms with Gasteiger partial charge >= 0.3 is 11.9 Å². The van der Waals surface area contributed by atoms with E-state index in [0.29, 0.717) is 18.3 Å². The molecule has 0 aromatic heterocycles. The summed E-state index contributed by atoms with van der Waals surface area (Å²) < 4.78 is 11.0. The van der Waals surface area contributed by atoms with Crippen LogP contribution in [0.5, 0.6) is 0 Å². The van der Waals surface area contributed by atoms with E-state index in [-0.39, 0.29) is 51.8 Å². The van der Waals surface area contributed by atoms with Gasteiger partial charge in [-0.3, -0.25) is 14.4 Å². The van der Waals surface area contributed by atoms with Crippen molar-refractivity contribution in [2.45, 2.75) is 133 Å². The smallest absolute Gasteiger partial charge is 0.319 e. The molecule has 5 aliphatic carbocycles. The average molecular weight is 585 g/mol. The van der Waals surface area contributed by atoms with Crippen LogP contribution >= 0.6 is 0 Å².